The van der Waals surface area contributed by atoms with Gasteiger partial charge in [-0.3, -0.25) is 9.59 Å². The Balaban J connectivity index is 1.81. The average molecular weight is 312 g/mol. The molecular weight excluding hydrogens is 296 g/mol. The van der Waals surface area contributed by atoms with Crippen molar-refractivity contribution in [2.45, 2.75) is 12.5 Å². The zero-order valence-electron chi connectivity index (χ0n) is 11.3. The second-order valence-electron chi connectivity index (χ2n) is 4.50. The quantitative estimate of drug-likeness (QED) is 0.808. The van der Waals surface area contributed by atoms with Gasteiger partial charge in [-0.25, -0.2) is 4.79 Å². The van der Waals surface area contributed by atoms with E-state index in [1.807, 2.05) is 0 Å². The highest BCUT2D eigenvalue weighted by Gasteiger charge is 2.32. The van der Waals surface area contributed by atoms with Gasteiger partial charge >= 0.3 is 5.97 Å². The van der Waals surface area contributed by atoms with Crippen molar-refractivity contribution in [2.24, 2.45) is 0 Å². The molecule has 0 spiro atoms. The molecule has 0 bridgehead atoms. The highest BCUT2D eigenvalue weighted by Crippen LogP contribution is 2.10. The van der Waals surface area contributed by atoms with Crippen LogP contribution in [-0.4, -0.2) is 60.1 Å². The molecule has 1 saturated heterocycles. The number of carboxylic acids is 1. The summed E-state index contributed by atoms with van der Waals surface area (Å²) in [4.78, 5) is 36.7. The van der Waals surface area contributed by atoms with E-state index in [-0.39, 0.29) is 37.9 Å². The van der Waals surface area contributed by atoms with Crippen LogP contribution in [0.5, 0.6) is 0 Å². The van der Waals surface area contributed by atoms with E-state index in [0.29, 0.717) is 11.5 Å². The van der Waals surface area contributed by atoms with Crippen LogP contribution in [0, 0.1) is 0 Å². The summed E-state index contributed by atoms with van der Waals surface area (Å²) >= 11 is 1.32. The van der Waals surface area contributed by atoms with E-state index < -0.39 is 12.0 Å². The second-order valence-corrected chi connectivity index (χ2v) is 5.45. The molecule has 0 aliphatic carbocycles. The largest absolute Gasteiger partial charge is 0.480 e. The van der Waals surface area contributed by atoms with Gasteiger partial charge in [0.1, 0.15) is 0 Å². The van der Waals surface area contributed by atoms with E-state index in [1.165, 1.54) is 16.2 Å². The molecule has 114 valence electrons. The Kier molecular flexibility index (Phi) is 5.29. The van der Waals surface area contributed by atoms with Gasteiger partial charge < -0.3 is 20.1 Å². The molecular formula is C13H16N2O5S. The lowest BCUT2D eigenvalue weighted by Gasteiger charge is -2.32. The molecule has 8 heteroatoms. The Morgan fingerprint density at radius 2 is 2.29 bits per heavy atom. The summed E-state index contributed by atoms with van der Waals surface area (Å²) < 4.78 is 5.07. The van der Waals surface area contributed by atoms with Crippen molar-refractivity contribution in [3.05, 3.63) is 22.4 Å². The van der Waals surface area contributed by atoms with Crippen LogP contribution in [0.3, 0.4) is 0 Å². The average Bonchev–Trinajstić information content (AvgIpc) is 3.01. The number of hydrogen-bond donors (Lipinski definition) is 2. The van der Waals surface area contributed by atoms with Gasteiger partial charge in [-0.15, -0.1) is 11.3 Å². The number of carbonyl (C=O) groups excluding carboxylic acids is 2. The van der Waals surface area contributed by atoms with Gasteiger partial charge in [-0.2, -0.15) is 0 Å². The van der Waals surface area contributed by atoms with Crippen molar-refractivity contribution in [3.8, 4) is 0 Å². The zero-order chi connectivity index (χ0) is 15.2. The Labute approximate surface area is 125 Å². The van der Waals surface area contributed by atoms with Crippen molar-refractivity contribution in [3.63, 3.8) is 0 Å². The fourth-order valence-electron chi connectivity index (χ4n) is 2.03. The molecule has 1 aliphatic rings. The molecule has 2 rings (SSSR count). The predicted molar refractivity (Wildman–Crippen MR) is 75.2 cm³/mol. The normalized spacial score (nSPS) is 18.3. The van der Waals surface area contributed by atoms with Crippen molar-refractivity contribution in [2.75, 3.05) is 26.3 Å². The molecule has 0 radical (unpaired) electrons. The third-order valence-corrected chi connectivity index (χ3v) is 3.97. The van der Waals surface area contributed by atoms with Crippen molar-refractivity contribution in [1.82, 2.24) is 10.2 Å². The van der Waals surface area contributed by atoms with Crippen molar-refractivity contribution in [1.29, 1.82) is 0 Å². The van der Waals surface area contributed by atoms with Crippen LogP contribution in [0.2, 0.25) is 0 Å². The number of amides is 2. The summed E-state index contributed by atoms with van der Waals surface area (Å²) in [6.07, 6.45) is 0.0703. The van der Waals surface area contributed by atoms with E-state index in [4.69, 9.17) is 9.84 Å². The standard InChI is InChI=1S/C13H16N2O5S/c16-11(15-5-6-20-8-9(15)13(18)19)3-4-14-12(17)10-2-1-7-21-10/h1-2,7,9H,3-6,8H2,(H,14,17)(H,18,19). The van der Waals surface area contributed by atoms with Gasteiger partial charge in [0.05, 0.1) is 18.1 Å². The van der Waals surface area contributed by atoms with Gasteiger partial charge in [0, 0.05) is 19.5 Å². The van der Waals surface area contributed by atoms with E-state index >= 15 is 0 Å². The molecule has 1 aromatic heterocycles. The SMILES string of the molecule is O=C(NCCC(=O)N1CCOCC1C(=O)O)c1cccs1. The Morgan fingerprint density at radius 3 is 2.95 bits per heavy atom. The molecule has 21 heavy (non-hydrogen) atoms. The predicted octanol–water partition coefficient (Wildman–Crippen LogP) is 0.180. The molecule has 1 atom stereocenters. The molecule has 2 amide bonds. The topological polar surface area (TPSA) is 95.9 Å². The minimum atomic E-state index is -1.08. The number of hydrogen-bond acceptors (Lipinski definition) is 5. The van der Waals surface area contributed by atoms with Gasteiger partial charge in [-0.05, 0) is 11.4 Å². The maximum Gasteiger partial charge on any atom is 0.328 e. The van der Waals surface area contributed by atoms with Crippen LogP contribution >= 0.6 is 11.3 Å². The maximum atomic E-state index is 12.0. The maximum absolute atomic E-state index is 12.0. The molecule has 0 aromatic carbocycles. The summed E-state index contributed by atoms with van der Waals surface area (Å²) in [7, 11) is 0. The zero-order valence-corrected chi connectivity index (χ0v) is 12.1. The molecule has 2 heterocycles. The van der Waals surface area contributed by atoms with Crippen LogP contribution in [0.15, 0.2) is 17.5 Å². The van der Waals surface area contributed by atoms with Crippen LogP contribution in [-0.2, 0) is 14.3 Å². The number of morpholine rings is 1. The number of carboxylic acid groups (broad SMARTS) is 1. The van der Waals surface area contributed by atoms with Gasteiger partial charge in [0.2, 0.25) is 5.91 Å². The molecule has 1 aromatic rings. The Hall–Kier alpha value is -1.93. The first kappa shape index (κ1) is 15.5. The third-order valence-electron chi connectivity index (χ3n) is 3.10. The number of nitrogens with zero attached hydrogens (tertiary/aromatic N) is 1. The highest BCUT2D eigenvalue weighted by molar-refractivity contribution is 7.12. The summed E-state index contributed by atoms with van der Waals surface area (Å²) in [6.45, 7) is 0.771. The van der Waals surface area contributed by atoms with Crippen molar-refractivity contribution < 1.29 is 24.2 Å². The van der Waals surface area contributed by atoms with Crippen LogP contribution in [0.4, 0.5) is 0 Å². The lowest BCUT2D eigenvalue weighted by atomic mass is 10.2. The van der Waals surface area contributed by atoms with Crippen molar-refractivity contribution >= 4 is 29.1 Å². The summed E-state index contributed by atoms with van der Waals surface area (Å²) in [6, 6.07) is 2.53. The lowest BCUT2D eigenvalue weighted by Crippen LogP contribution is -2.53. The highest BCUT2D eigenvalue weighted by atomic mass is 32.1. The first-order chi connectivity index (χ1) is 10.1. The fraction of sp³-hybridized carbons (Fsp3) is 0.462. The smallest absolute Gasteiger partial charge is 0.328 e. The Morgan fingerprint density at radius 1 is 1.48 bits per heavy atom. The number of rotatable bonds is 5. The molecule has 1 aliphatic heterocycles. The van der Waals surface area contributed by atoms with E-state index in [2.05, 4.69) is 5.32 Å². The van der Waals surface area contributed by atoms with Crippen LogP contribution in [0.25, 0.3) is 0 Å². The number of aliphatic carboxylic acids is 1. The minimum absolute atomic E-state index is 0.00261. The lowest BCUT2D eigenvalue weighted by molar-refractivity contribution is -0.158. The van der Waals surface area contributed by atoms with Gasteiger partial charge in [0.15, 0.2) is 6.04 Å². The first-order valence-corrected chi connectivity index (χ1v) is 7.39. The fourth-order valence-corrected chi connectivity index (χ4v) is 2.67. The number of nitrogens with one attached hydrogen (secondary N) is 1. The summed E-state index contributed by atoms with van der Waals surface area (Å²) in [5.41, 5.74) is 0. The minimum Gasteiger partial charge on any atom is -0.480 e. The monoisotopic (exact) mass is 312 g/mol. The van der Waals surface area contributed by atoms with E-state index in [1.54, 1.807) is 17.5 Å². The van der Waals surface area contributed by atoms with E-state index in [0.717, 1.165) is 0 Å². The van der Waals surface area contributed by atoms with E-state index in [9.17, 15) is 14.4 Å². The first-order valence-electron chi connectivity index (χ1n) is 6.51. The van der Waals surface area contributed by atoms with Gasteiger partial charge in [0.25, 0.3) is 5.91 Å². The molecule has 1 fully saturated rings. The third kappa shape index (κ3) is 4.02. The summed E-state index contributed by atoms with van der Waals surface area (Å²) in [5, 5.41) is 13.5. The molecule has 1 unspecified atom stereocenters. The number of ether oxygens (including phenoxy) is 1. The molecule has 7 nitrogen and oxygen atoms in total. The second kappa shape index (κ2) is 7.19. The molecule has 2 N–H and O–H groups in total. The number of thiophene rings is 1. The van der Waals surface area contributed by atoms with Crippen LogP contribution in [0.1, 0.15) is 16.1 Å². The van der Waals surface area contributed by atoms with Gasteiger partial charge in [-0.1, -0.05) is 6.07 Å². The van der Waals surface area contributed by atoms with Crippen LogP contribution < -0.4 is 5.32 Å². The number of carbonyl (C=O) groups is 3. The summed E-state index contributed by atoms with van der Waals surface area (Å²) in [5.74, 6) is -1.60. The Bertz CT molecular complexity index is 517. The molecule has 0 saturated carbocycles.